The first-order valence-corrected chi connectivity index (χ1v) is 8.62. The Balaban J connectivity index is 1.56. The minimum atomic E-state index is -0.142. The van der Waals surface area contributed by atoms with Crippen LogP contribution in [0.25, 0.3) is 0 Å². The van der Waals surface area contributed by atoms with Gasteiger partial charge in [-0.1, -0.05) is 12.1 Å². The highest BCUT2D eigenvalue weighted by Crippen LogP contribution is 2.31. The van der Waals surface area contributed by atoms with Crippen LogP contribution in [0.15, 0.2) is 47.4 Å². The number of carbonyl (C=O) groups excluding carboxylic acids is 2. The molecule has 3 rings (SSSR count). The van der Waals surface area contributed by atoms with Crippen molar-refractivity contribution in [3.05, 3.63) is 53.6 Å². The van der Waals surface area contributed by atoms with Crippen molar-refractivity contribution >= 4 is 29.3 Å². The molecule has 5 nitrogen and oxygen atoms in total. The van der Waals surface area contributed by atoms with Gasteiger partial charge in [-0.2, -0.15) is 0 Å². The summed E-state index contributed by atoms with van der Waals surface area (Å²) in [5.74, 6) is 1.05. The fraction of sp³-hybridized carbons (Fsp3) is 0.222. The Bertz CT molecular complexity index is 759. The standard InChI is InChI=1S/C18H18N2O3S/c1-23-14-5-2-12(3-6-14)8-9-19-18(22)13-4-7-16-15(10-13)20-17(21)11-24-16/h2-7,10H,8-9,11H2,1H3,(H,19,22)(H,20,21). The van der Waals surface area contributed by atoms with Crippen LogP contribution in [-0.2, 0) is 11.2 Å². The van der Waals surface area contributed by atoms with Gasteiger partial charge in [-0.3, -0.25) is 9.59 Å². The summed E-state index contributed by atoms with van der Waals surface area (Å²) in [5, 5.41) is 5.70. The number of nitrogens with one attached hydrogen (secondary N) is 2. The number of hydrogen-bond acceptors (Lipinski definition) is 4. The van der Waals surface area contributed by atoms with Crippen LogP contribution in [-0.4, -0.2) is 31.2 Å². The zero-order valence-corrected chi connectivity index (χ0v) is 14.1. The molecule has 6 heteroatoms. The number of ether oxygens (including phenoxy) is 1. The quantitative estimate of drug-likeness (QED) is 0.877. The highest BCUT2D eigenvalue weighted by Gasteiger charge is 2.17. The van der Waals surface area contributed by atoms with Crippen molar-refractivity contribution < 1.29 is 14.3 Å². The summed E-state index contributed by atoms with van der Waals surface area (Å²) in [5.41, 5.74) is 2.38. The predicted molar refractivity (Wildman–Crippen MR) is 94.8 cm³/mol. The molecule has 2 aromatic rings. The maximum atomic E-state index is 12.3. The number of fused-ring (bicyclic) bond motifs is 1. The van der Waals surface area contributed by atoms with Gasteiger partial charge in [0.2, 0.25) is 5.91 Å². The second kappa shape index (κ2) is 7.40. The smallest absolute Gasteiger partial charge is 0.251 e. The van der Waals surface area contributed by atoms with Gasteiger partial charge >= 0.3 is 0 Å². The van der Waals surface area contributed by atoms with E-state index >= 15 is 0 Å². The van der Waals surface area contributed by atoms with Crippen LogP contribution in [0.5, 0.6) is 5.75 Å². The van der Waals surface area contributed by atoms with E-state index in [2.05, 4.69) is 10.6 Å². The zero-order valence-electron chi connectivity index (χ0n) is 13.3. The Hall–Kier alpha value is -2.47. The van der Waals surface area contributed by atoms with Crippen molar-refractivity contribution in [1.82, 2.24) is 5.32 Å². The number of amides is 2. The minimum absolute atomic E-state index is 0.0374. The van der Waals surface area contributed by atoms with Crippen molar-refractivity contribution in [2.45, 2.75) is 11.3 Å². The van der Waals surface area contributed by atoms with Crippen LogP contribution in [0.3, 0.4) is 0 Å². The molecule has 2 amide bonds. The van der Waals surface area contributed by atoms with Crippen LogP contribution in [0.4, 0.5) is 5.69 Å². The van der Waals surface area contributed by atoms with Gasteiger partial charge in [0, 0.05) is 17.0 Å². The molecule has 24 heavy (non-hydrogen) atoms. The molecular formula is C18H18N2O3S. The van der Waals surface area contributed by atoms with E-state index in [-0.39, 0.29) is 11.8 Å². The topological polar surface area (TPSA) is 67.4 Å². The highest BCUT2D eigenvalue weighted by molar-refractivity contribution is 8.00. The van der Waals surface area contributed by atoms with Gasteiger partial charge in [0.1, 0.15) is 5.75 Å². The third-order valence-corrected chi connectivity index (χ3v) is 4.81. The lowest BCUT2D eigenvalue weighted by Gasteiger charge is -2.17. The number of thioether (sulfide) groups is 1. The molecule has 2 aromatic carbocycles. The first kappa shape index (κ1) is 16.4. The molecule has 1 aliphatic rings. The van der Waals surface area contributed by atoms with Crippen molar-refractivity contribution in [2.75, 3.05) is 24.7 Å². The summed E-state index contributed by atoms with van der Waals surface area (Å²) in [7, 11) is 1.63. The van der Waals surface area contributed by atoms with E-state index in [4.69, 9.17) is 4.74 Å². The van der Waals surface area contributed by atoms with Crippen molar-refractivity contribution in [2.24, 2.45) is 0 Å². The monoisotopic (exact) mass is 342 g/mol. The SMILES string of the molecule is COc1ccc(CCNC(=O)c2ccc3c(c2)NC(=O)CS3)cc1. The van der Waals surface area contributed by atoms with Gasteiger partial charge in [0.25, 0.3) is 5.91 Å². The van der Waals surface area contributed by atoms with Crippen molar-refractivity contribution in [3.63, 3.8) is 0 Å². The molecule has 0 fully saturated rings. The molecule has 0 bridgehead atoms. The van der Waals surface area contributed by atoms with Gasteiger partial charge in [-0.15, -0.1) is 11.8 Å². The summed E-state index contributed by atoms with van der Waals surface area (Å²) >= 11 is 1.48. The van der Waals surface area contributed by atoms with Crippen LogP contribution < -0.4 is 15.4 Å². The number of hydrogen-bond donors (Lipinski definition) is 2. The van der Waals surface area contributed by atoms with Gasteiger partial charge < -0.3 is 15.4 Å². The molecular weight excluding hydrogens is 324 g/mol. The highest BCUT2D eigenvalue weighted by atomic mass is 32.2. The minimum Gasteiger partial charge on any atom is -0.497 e. The predicted octanol–water partition coefficient (Wildman–Crippen LogP) is 2.71. The fourth-order valence-electron chi connectivity index (χ4n) is 2.44. The molecule has 1 aliphatic heterocycles. The van der Waals surface area contributed by atoms with Gasteiger partial charge in [-0.25, -0.2) is 0 Å². The van der Waals surface area contributed by atoms with Gasteiger partial charge in [0.15, 0.2) is 0 Å². The average Bonchev–Trinajstić information content (AvgIpc) is 2.61. The number of methoxy groups -OCH3 is 1. The summed E-state index contributed by atoms with van der Waals surface area (Å²) in [4.78, 5) is 24.7. The third kappa shape index (κ3) is 3.89. The van der Waals surface area contributed by atoms with E-state index in [1.54, 1.807) is 19.2 Å². The second-order valence-electron chi connectivity index (χ2n) is 5.40. The summed E-state index contributed by atoms with van der Waals surface area (Å²) in [6.45, 7) is 0.545. The molecule has 2 N–H and O–H groups in total. The molecule has 0 saturated heterocycles. The Kier molecular flexibility index (Phi) is 5.05. The van der Waals surface area contributed by atoms with E-state index in [9.17, 15) is 9.59 Å². The Morgan fingerprint density at radius 2 is 2.04 bits per heavy atom. The van der Waals surface area contributed by atoms with E-state index in [1.807, 2.05) is 30.3 Å². The van der Waals surface area contributed by atoms with E-state index in [0.29, 0.717) is 23.5 Å². The third-order valence-electron chi connectivity index (χ3n) is 3.73. The normalized spacial score (nSPS) is 13.0. The maximum Gasteiger partial charge on any atom is 0.251 e. The van der Waals surface area contributed by atoms with Crippen LogP contribution in [0.1, 0.15) is 15.9 Å². The molecule has 0 atom stereocenters. The van der Waals surface area contributed by atoms with E-state index in [0.717, 1.165) is 22.6 Å². The molecule has 1 heterocycles. The molecule has 0 aromatic heterocycles. The average molecular weight is 342 g/mol. The largest absolute Gasteiger partial charge is 0.497 e. The van der Waals surface area contributed by atoms with E-state index in [1.165, 1.54) is 11.8 Å². The second-order valence-corrected chi connectivity index (χ2v) is 6.42. The molecule has 0 spiro atoms. The number of benzene rings is 2. The van der Waals surface area contributed by atoms with Crippen LogP contribution >= 0.6 is 11.8 Å². The molecule has 0 unspecified atom stereocenters. The van der Waals surface area contributed by atoms with Crippen LogP contribution in [0, 0.1) is 0 Å². The lowest BCUT2D eigenvalue weighted by molar-refractivity contribution is -0.113. The Morgan fingerprint density at radius 3 is 2.79 bits per heavy atom. The number of carbonyl (C=O) groups is 2. The maximum absolute atomic E-state index is 12.3. The van der Waals surface area contributed by atoms with Gasteiger partial charge in [-0.05, 0) is 42.3 Å². The van der Waals surface area contributed by atoms with E-state index < -0.39 is 0 Å². The molecule has 0 aliphatic carbocycles. The Labute approximate surface area is 144 Å². The fourth-order valence-corrected chi connectivity index (χ4v) is 3.23. The molecule has 124 valence electrons. The molecule has 0 radical (unpaired) electrons. The first-order valence-electron chi connectivity index (χ1n) is 7.63. The number of rotatable bonds is 5. The van der Waals surface area contributed by atoms with Crippen molar-refractivity contribution in [1.29, 1.82) is 0 Å². The first-order chi connectivity index (χ1) is 11.7. The zero-order chi connectivity index (χ0) is 16.9. The summed E-state index contributed by atoms with van der Waals surface area (Å²) < 4.78 is 5.12. The van der Waals surface area contributed by atoms with Crippen LogP contribution in [0.2, 0.25) is 0 Å². The summed E-state index contributed by atoms with van der Waals surface area (Å²) in [6, 6.07) is 13.2. The van der Waals surface area contributed by atoms with Crippen molar-refractivity contribution in [3.8, 4) is 5.75 Å². The lowest BCUT2D eigenvalue weighted by atomic mass is 10.1. The number of anilines is 1. The Morgan fingerprint density at radius 1 is 1.25 bits per heavy atom. The van der Waals surface area contributed by atoms with Gasteiger partial charge in [0.05, 0.1) is 18.6 Å². The summed E-state index contributed by atoms with van der Waals surface area (Å²) in [6.07, 6.45) is 0.743. The molecule has 0 saturated carbocycles. The lowest BCUT2D eigenvalue weighted by Crippen LogP contribution is -2.26.